The van der Waals surface area contributed by atoms with Crippen LogP contribution in [0.25, 0.3) is 11.0 Å². The first kappa shape index (κ1) is 16.4. The summed E-state index contributed by atoms with van der Waals surface area (Å²) in [6.07, 6.45) is 3.23. The fourth-order valence-corrected chi connectivity index (χ4v) is 3.50. The molecule has 0 atom stereocenters. The third kappa shape index (κ3) is 3.37. The highest BCUT2D eigenvalue weighted by Gasteiger charge is 2.15. The Labute approximate surface area is 140 Å². The Balaban J connectivity index is 1.80. The van der Waals surface area contributed by atoms with Crippen molar-refractivity contribution in [1.29, 1.82) is 0 Å². The fraction of sp³-hybridized carbons (Fsp3) is 0.176. The van der Waals surface area contributed by atoms with Gasteiger partial charge in [0, 0.05) is 18.9 Å². The second-order valence-corrected chi connectivity index (χ2v) is 7.10. The zero-order chi connectivity index (χ0) is 17.2. The number of benzene rings is 2. The quantitative estimate of drug-likeness (QED) is 0.769. The largest absolute Gasteiger partial charge is 0.496 e. The van der Waals surface area contributed by atoms with Crippen molar-refractivity contribution in [2.24, 2.45) is 0 Å². The highest BCUT2D eigenvalue weighted by atomic mass is 32.2. The van der Waals surface area contributed by atoms with E-state index in [-0.39, 0.29) is 11.4 Å². The topological polar surface area (TPSA) is 81.2 Å². The van der Waals surface area contributed by atoms with Crippen LogP contribution in [0.3, 0.4) is 0 Å². The molecule has 0 saturated carbocycles. The molecular weight excluding hydrogens is 326 g/mol. The molecule has 1 heterocycles. The van der Waals surface area contributed by atoms with Gasteiger partial charge in [0.05, 0.1) is 23.0 Å². The van der Waals surface area contributed by atoms with Gasteiger partial charge in [-0.3, -0.25) is 9.97 Å². The molecule has 0 unspecified atom stereocenters. The molecule has 0 fully saturated rings. The highest BCUT2D eigenvalue weighted by molar-refractivity contribution is 7.89. The molecule has 1 N–H and O–H groups in total. The minimum atomic E-state index is -3.60. The number of fused-ring (bicyclic) bond motifs is 1. The first-order chi connectivity index (χ1) is 11.5. The van der Waals surface area contributed by atoms with Crippen LogP contribution in [0.5, 0.6) is 5.75 Å². The molecular formula is C17H17N3O3S. The number of aromatic nitrogens is 2. The minimum absolute atomic E-state index is 0.180. The maximum atomic E-state index is 12.4. The van der Waals surface area contributed by atoms with Crippen LogP contribution in [0, 0.1) is 6.92 Å². The van der Waals surface area contributed by atoms with Crippen LogP contribution < -0.4 is 9.46 Å². The van der Waals surface area contributed by atoms with Crippen molar-refractivity contribution in [2.45, 2.75) is 18.4 Å². The average Bonchev–Trinajstić information content (AvgIpc) is 2.60. The van der Waals surface area contributed by atoms with E-state index in [0.717, 1.165) is 22.2 Å². The maximum absolute atomic E-state index is 12.4. The number of hydrogen-bond donors (Lipinski definition) is 1. The highest BCUT2D eigenvalue weighted by Crippen LogP contribution is 2.21. The predicted molar refractivity (Wildman–Crippen MR) is 91.3 cm³/mol. The van der Waals surface area contributed by atoms with Crippen LogP contribution in [0.4, 0.5) is 0 Å². The predicted octanol–water partition coefficient (Wildman–Crippen LogP) is 2.43. The van der Waals surface area contributed by atoms with Crippen LogP contribution in [0.2, 0.25) is 0 Å². The Morgan fingerprint density at radius 2 is 1.79 bits per heavy atom. The normalized spacial score (nSPS) is 11.6. The molecule has 0 radical (unpaired) electrons. The Bertz CT molecular complexity index is 987. The van der Waals surface area contributed by atoms with Crippen LogP contribution in [0.1, 0.15) is 11.1 Å². The second-order valence-electron chi connectivity index (χ2n) is 5.34. The van der Waals surface area contributed by atoms with Crippen molar-refractivity contribution in [3.8, 4) is 5.75 Å². The molecule has 0 saturated heterocycles. The molecule has 0 spiro atoms. The lowest BCUT2D eigenvalue weighted by Crippen LogP contribution is -2.23. The van der Waals surface area contributed by atoms with E-state index >= 15 is 0 Å². The summed E-state index contributed by atoms with van der Waals surface area (Å²) >= 11 is 0. The number of methoxy groups -OCH3 is 1. The fourth-order valence-electron chi connectivity index (χ4n) is 2.40. The van der Waals surface area contributed by atoms with E-state index in [1.54, 1.807) is 38.6 Å². The van der Waals surface area contributed by atoms with Crippen molar-refractivity contribution in [1.82, 2.24) is 14.7 Å². The van der Waals surface area contributed by atoms with E-state index in [0.29, 0.717) is 5.75 Å². The molecule has 0 aliphatic heterocycles. The Morgan fingerprint density at radius 1 is 1.04 bits per heavy atom. The van der Waals surface area contributed by atoms with E-state index in [1.165, 1.54) is 6.07 Å². The van der Waals surface area contributed by atoms with Gasteiger partial charge < -0.3 is 4.74 Å². The van der Waals surface area contributed by atoms with E-state index in [4.69, 9.17) is 4.74 Å². The molecule has 3 rings (SSSR count). The van der Waals surface area contributed by atoms with Crippen LogP contribution in [0.15, 0.2) is 53.7 Å². The summed E-state index contributed by atoms with van der Waals surface area (Å²) in [5, 5.41) is 0. The summed E-state index contributed by atoms with van der Waals surface area (Å²) < 4.78 is 32.6. The molecule has 7 heteroatoms. The van der Waals surface area contributed by atoms with Gasteiger partial charge in [-0.15, -0.1) is 0 Å². The van der Waals surface area contributed by atoms with Gasteiger partial charge in [0.2, 0.25) is 10.0 Å². The first-order valence-electron chi connectivity index (χ1n) is 7.33. The Hall–Kier alpha value is -2.51. The lowest BCUT2D eigenvalue weighted by atomic mass is 10.2. The molecule has 24 heavy (non-hydrogen) atoms. The average molecular weight is 343 g/mol. The summed E-state index contributed by atoms with van der Waals surface area (Å²) in [5.74, 6) is 0.655. The minimum Gasteiger partial charge on any atom is -0.496 e. The van der Waals surface area contributed by atoms with Gasteiger partial charge >= 0.3 is 0 Å². The van der Waals surface area contributed by atoms with Crippen molar-refractivity contribution in [2.75, 3.05) is 7.11 Å². The molecule has 124 valence electrons. The van der Waals surface area contributed by atoms with Crippen LogP contribution in [-0.4, -0.2) is 25.5 Å². The number of nitrogens with one attached hydrogen (secondary N) is 1. The monoisotopic (exact) mass is 343 g/mol. The zero-order valence-electron chi connectivity index (χ0n) is 13.4. The summed E-state index contributed by atoms with van der Waals surface area (Å²) in [6.45, 7) is 1.99. The van der Waals surface area contributed by atoms with Gasteiger partial charge in [0.25, 0.3) is 0 Å². The molecule has 1 aromatic heterocycles. The van der Waals surface area contributed by atoms with Crippen molar-refractivity contribution in [3.05, 3.63) is 59.9 Å². The zero-order valence-corrected chi connectivity index (χ0v) is 14.2. The smallest absolute Gasteiger partial charge is 0.240 e. The second kappa shape index (κ2) is 6.54. The molecule has 0 bridgehead atoms. The van der Waals surface area contributed by atoms with Crippen LogP contribution in [-0.2, 0) is 16.6 Å². The van der Waals surface area contributed by atoms with E-state index in [1.807, 2.05) is 18.2 Å². The Morgan fingerprint density at radius 3 is 2.50 bits per heavy atom. The summed E-state index contributed by atoms with van der Waals surface area (Å²) in [4.78, 5) is 8.62. The third-order valence-corrected chi connectivity index (χ3v) is 5.08. The standard InChI is InChI=1S/C17H17N3O3S/c1-12-9-14(4-6-17(12)23-2)24(21,22)20-11-13-3-5-15-16(10-13)19-8-7-18-15/h3-10,20H,11H2,1-2H3. The number of rotatable bonds is 5. The molecule has 6 nitrogen and oxygen atoms in total. The molecule has 2 aromatic carbocycles. The summed E-state index contributed by atoms with van der Waals surface area (Å²) in [6, 6.07) is 10.2. The van der Waals surface area contributed by atoms with Gasteiger partial charge in [-0.25, -0.2) is 13.1 Å². The SMILES string of the molecule is COc1ccc(S(=O)(=O)NCc2ccc3nccnc3c2)cc1C. The van der Waals surface area contributed by atoms with Crippen molar-refractivity contribution >= 4 is 21.1 Å². The first-order valence-corrected chi connectivity index (χ1v) is 8.82. The summed E-state index contributed by atoms with van der Waals surface area (Å²) in [5.41, 5.74) is 3.09. The number of hydrogen-bond acceptors (Lipinski definition) is 5. The van der Waals surface area contributed by atoms with E-state index in [9.17, 15) is 8.42 Å². The maximum Gasteiger partial charge on any atom is 0.240 e. The molecule has 0 amide bonds. The lowest BCUT2D eigenvalue weighted by Gasteiger charge is -2.10. The van der Waals surface area contributed by atoms with Gasteiger partial charge in [0.15, 0.2) is 0 Å². The van der Waals surface area contributed by atoms with Gasteiger partial charge in [-0.2, -0.15) is 0 Å². The number of ether oxygens (including phenoxy) is 1. The lowest BCUT2D eigenvalue weighted by molar-refractivity contribution is 0.411. The molecule has 3 aromatic rings. The Kier molecular flexibility index (Phi) is 4.46. The van der Waals surface area contributed by atoms with Gasteiger partial charge in [0.1, 0.15) is 5.75 Å². The van der Waals surface area contributed by atoms with Gasteiger partial charge in [-0.1, -0.05) is 6.07 Å². The number of aryl methyl sites for hydroxylation is 1. The molecule has 0 aliphatic rings. The van der Waals surface area contributed by atoms with Crippen molar-refractivity contribution in [3.63, 3.8) is 0 Å². The number of sulfonamides is 1. The molecule has 0 aliphatic carbocycles. The van der Waals surface area contributed by atoms with Gasteiger partial charge in [-0.05, 0) is 48.4 Å². The van der Waals surface area contributed by atoms with Crippen molar-refractivity contribution < 1.29 is 13.2 Å². The number of nitrogens with zero attached hydrogens (tertiary/aromatic N) is 2. The summed E-state index contributed by atoms with van der Waals surface area (Å²) in [7, 11) is -2.05. The third-order valence-electron chi connectivity index (χ3n) is 3.68. The van der Waals surface area contributed by atoms with E-state index in [2.05, 4.69) is 14.7 Å². The van der Waals surface area contributed by atoms with Crippen LogP contribution >= 0.6 is 0 Å². The van der Waals surface area contributed by atoms with E-state index < -0.39 is 10.0 Å².